The minimum Gasteiger partial charge on any atom is -0.295 e. The van der Waals surface area contributed by atoms with E-state index in [4.69, 9.17) is 16.7 Å². The van der Waals surface area contributed by atoms with Gasteiger partial charge in [-0.3, -0.25) is 9.69 Å². The van der Waals surface area contributed by atoms with E-state index in [-0.39, 0.29) is 30.5 Å². The van der Waals surface area contributed by atoms with Crippen molar-refractivity contribution in [1.29, 1.82) is 0 Å². The lowest BCUT2D eigenvalue weighted by molar-refractivity contribution is -0.117. The largest absolute Gasteiger partial charge is 0.295 e. The van der Waals surface area contributed by atoms with Crippen molar-refractivity contribution >= 4 is 49.3 Å². The van der Waals surface area contributed by atoms with Crippen molar-refractivity contribution in [3.8, 4) is 0 Å². The monoisotopic (exact) mass is 367 g/mol. The zero-order chi connectivity index (χ0) is 14.2. The van der Waals surface area contributed by atoms with Gasteiger partial charge in [0.15, 0.2) is 5.82 Å². The first-order valence-electron chi connectivity index (χ1n) is 5.38. The van der Waals surface area contributed by atoms with Gasteiger partial charge in [-0.25, -0.2) is 18.5 Å². The van der Waals surface area contributed by atoms with Crippen LogP contribution in [-0.4, -0.2) is 31.6 Å². The van der Waals surface area contributed by atoms with E-state index in [0.717, 1.165) is 0 Å². The Hall–Kier alpha value is -0.700. The lowest BCUT2D eigenvalue weighted by Crippen LogP contribution is -2.28. The smallest absolute Gasteiger partial charge is 0.228 e. The zero-order valence-electron chi connectivity index (χ0n) is 9.71. The van der Waals surface area contributed by atoms with E-state index in [1.807, 2.05) is 0 Å². The lowest BCUT2D eigenvalue weighted by atomic mass is 10.1. The van der Waals surface area contributed by atoms with Crippen molar-refractivity contribution in [2.24, 2.45) is 11.1 Å². The molecular formula is C10H11BrClN3O3S. The van der Waals surface area contributed by atoms with Crippen molar-refractivity contribution in [2.45, 2.75) is 6.42 Å². The molecule has 1 atom stereocenters. The van der Waals surface area contributed by atoms with E-state index < -0.39 is 10.0 Å². The fraction of sp³-hybridized carbons (Fsp3) is 0.400. The number of pyridine rings is 1. The van der Waals surface area contributed by atoms with Crippen LogP contribution < -0.4 is 10.0 Å². The van der Waals surface area contributed by atoms with Gasteiger partial charge in [-0.05, 0) is 22.0 Å². The molecule has 1 fully saturated rings. The minimum atomic E-state index is -3.59. The number of amides is 1. The maximum Gasteiger partial charge on any atom is 0.228 e. The lowest BCUT2D eigenvalue weighted by Gasteiger charge is -2.16. The fourth-order valence-electron chi connectivity index (χ4n) is 2.03. The van der Waals surface area contributed by atoms with Gasteiger partial charge in [-0.2, -0.15) is 0 Å². The van der Waals surface area contributed by atoms with Crippen LogP contribution in [-0.2, 0) is 14.8 Å². The van der Waals surface area contributed by atoms with Crippen molar-refractivity contribution in [2.75, 3.05) is 17.2 Å². The maximum absolute atomic E-state index is 11.9. The molecule has 1 aromatic rings. The third-order valence-electron chi connectivity index (χ3n) is 2.72. The van der Waals surface area contributed by atoms with Crippen LogP contribution in [0.5, 0.6) is 0 Å². The van der Waals surface area contributed by atoms with Gasteiger partial charge in [-0.15, -0.1) is 0 Å². The van der Waals surface area contributed by atoms with Crippen molar-refractivity contribution in [3.63, 3.8) is 0 Å². The molecule has 9 heteroatoms. The molecule has 1 unspecified atom stereocenters. The first-order chi connectivity index (χ1) is 8.76. The molecule has 6 nitrogen and oxygen atoms in total. The topological polar surface area (TPSA) is 93.4 Å². The molecule has 0 bridgehead atoms. The van der Waals surface area contributed by atoms with Gasteiger partial charge in [0.2, 0.25) is 15.9 Å². The van der Waals surface area contributed by atoms with E-state index >= 15 is 0 Å². The molecule has 0 saturated carbocycles. The molecule has 19 heavy (non-hydrogen) atoms. The Labute approximate surface area is 124 Å². The highest BCUT2D eigenvalue weighted by molar-refractivity contribution is 9.10. The summed E-state index contributed by atoms with van der Waals surface area (Å²) in [4.78, 5) is 17.4. The fourth-order valence-corrected chi connectivity index (χ4v) is 3.64. The van der Waals surface area contributed by atoms with Crippen molar-refractivity contribution in [3.05, 3.63) is 21.8 Å². The number of aromatic nitrogens is 1. The summed E-state index contributed by atoms with van der Waals surface area (Å²) in [7, 11) is -3.59. The maximum atomic E-state index is 11.9. The summed E-state index contributed by atoms with van der Waals surface area (Å²) in [6, 6.07) is 1.63. The van der Waals surface area contributed by atoms with Gasteiger partial charge in [0.05, 0.1) is 10.8 Å². The summed E-state index contributed by atoms with van der Waals surface area (Å²) in [5, 5.41) is 5.32. The van der Waals surface area contributed by atoms with E-state index in [0.29, 0.717) is 15.3 Å². The van der Waals surface area contributed by atoms with Crippen LogP contribution in [0.15, 0.2) is 16.7 Å². The van der Waals surface area contributed by atoms with Gasteiger partial charge >= 0.3 is 0 Å². The van der Waals surface area contributed by atoms with Gasteiger partial charge in [0.1, 0.15) is 0 Å². The number of sulfonamides is 1. The number of hydrogen-bond donors (Lipinski definition) is 1. The van der Waals surface area contributed by atoms with E-state index in [1.54, 1.807) is 6.07 Å². The number of rotatable bonds is 3. The first-order valence-corrected chi connectivity index (χ1v) is 8.27. The average Bonchev–Trinajstić information content (AvgIpc) is 2.56. The summed E-state index contributed by atoms with van der Waals surface area (Å²) in [5.41, 5.74) is 0. The molecule has 1 aliphatic rings. The molecular weight excluding hydrogens is 358 g/mol. The summed E-state index contributed by atoms with van der Waals surface area (Å²) >= 11 is 9.25. The molecule has 1 aliphatic heterocycles. The number of halogens is 2. The number of carbonyl (C=O) groups excluding carboxylic acids is 1. The normalized spacial score (nSPS) is 20.1. The predicted molar refractivity (Wildman–Crippen MR) is 75.4 cm³/mol. The van der Waals surface area contributed by atoms with Crippen LogP contribution in [0.25, 0.3) is 0 Å². The third-order valence-corrected chi connectivity index (χ3v) is 4.37. The number of anilines is 1. The summed E-state index contributed by atoms with van der Waals surface area (Å²) in [5.74, 6) is -0.412. The highest BCUT2D eigenvalue weighted by Crippen LogP contribution is 2.31. The van der Waals surface area contributed by atoms with Crippen LogP contribution in [0.2, 0.25) is 5.02 Å². The molecule has 2 rings (SSSR count). The molecule has 0 spiro atoms. The molecule has 0 aliphatic carbocycles. The van der Waals surface area contributed by atoms with Crippen LogP contribution in [0, 0.1) is 5.92 Å². The number of nitrogens with zero attached hydrogens (tertiary/aromatic N) is 2. The van der Waals surface area contributed by atoms with Crippen LogP contribution in [0.3, 0.4) is 0 Å². The zero-order valence-corrected chi connectivity index (χ0v) is 12.9. The quantitative estimate of drug-likeness (QED) is 0.865. The van der Waals surface area contributed by atoms with Crippen LogP contribution in [0.4, 0.5) is 5.82 Å². The van der Waals surface area contributed by atoms with Crippen molar-refractivity contribution in [1.82, 2.24) is 4.98 Å². The van der Waals surface area contributed by atoms with Gasteiger partial charge in [-0.1, -0.05) is 11.6 Å². The Bertz CT molecular complexity index is 622. The van der Waals surface area contributed by atoms with E-state index in [9.17, 15) is 13.2 Å². The summed E-state index contributed by atoms with van der Waals surface area (Å²) in [6.07, 6.45) is 1.66. The Morgan fingerprint density at radius 3 is 2.84 bits per heavy atom. The van der Waals surface area contributed by atoms with E-state index in [1.165, 1.54) is 11.1 Å². The first kappa shape index (κ1) is 14.7. The highest BCUT2D eigenvalue weighted by atomic mass is 79.9. The number of hydrogen-bond acceptors (Lipinski definition) is 4. The molecule has 0 aromatic carbocycles. The Morgan fingerprint density at radius 1 is 1.58 bits per heavy atom. The SMILES string of the molecule is NS(=O)(=O)CC1CC(=O)N(c2ncc(Br)cc2Cl)C1. The Morgan fingerprint density at radius 2 is 2.26 bits per heavy atom. The summed E-state index contributed by atoms with van der Waals surface area (Å²) in [6.45, 7) is 0.254. The second kappa shape index (κ2) is 5.35. The molecule has 1 aromatic heterocycles. The standard InChI is InChI=1S/C10H11BrClN3O3S/c11-7-2-8(12)10(14-3-7)15-4-6(1-9(15)16)5-19(13,17)18/h2-3,6H,1,4-5H2,(H2,13,17,18). The number of carbonyl (C=O) groups is 1. The molecule has 0 radical (unpaired) electrons. The molecule has 104 valence electrons. The highest BCUT2D eigenvalue weighted by Gasteiger charge is 2.34. The average molecular weight is 369 g/mol. The molecule has 2 heterocycles. The van der Waals surface area contributed by atoms with Gasteiger partial charge in [0.25, 0.3) is 0 Å². The third kappa shape index (κ3) is 3.65. The predicted octanol–water partition coefficient (Wildman–Crippen LogP) is 1.14. The van der Waals surface area contributed by atoms with Crippen LogP contribution in [0.1, 0.15) is 6.42 Å². The molecule has 2 N–H and O–H groups in total. The van der Waals surface area contributed by atoms with Crippen LogP contribution >= 0.6 is 27.5 Å². The second-order valence-electron chi connectivity index (χ2n) is 4.36. The minimum absolute atomic E-state index is 0.129. The van der Waals surface area contributed by atoms with E-state index in [2.05, 4.69) is 20.9 Å². The van der Waals surface area contributed by atoms with Gasteiger partial charge < -0.3 is 0 Å². The summed E-state index contributed by atoms with van der Waals surface area (Å²) < 4.78 is 22.8. The molecule has 1 amide bonds. The van der Waals surface area contributed by atoms with Crippen molar-refractivity contribution < 1.29 is 13.2 Å². The van der Waals surface area contributed by atoms with Gasteiger partial charge in [0, 0.05) is 29.6 Å². The Kier molecular flexibility index (Phi) is 4.14. The second-order valence-corrected chi connectivity index (χ2v) is 7.34. The number of primary sulfonamides is 1. The number of nitrogens with two attached hydrogens (primary N) is 1. The molecule has 1 saturated heterocycles. The Balaban J connectivity index is 2.20.